The predicted molar refractivity (Wildman–Crippen MR) is 192 cm³/mol. The van der Waals surface area contributed by atoms with Gasteiger partial charge in [-0.15, -0.1) is 0 Å². The summed E-state index contributed by atoms with van der Waals surface area (Å²) in [5, 5.41) is 4.17. The van der Waals surface area contributed by atoms with Crippen LogP contribution in [0.2, 0.25) is 0 Å². The maximum absolute atomic E-state index is 14.3. The fourth-order valence-electron chi connectivity index (χ4n) is 5.16. The zero-order valence-electron chi connectivity index (χ0n) is 25.5. The molecule has 9 nitrogen and oxygen atoms in total. The third-order valence-electron chi connectivity index (χ3n) is 7.37. The van der Waals surface area contributed by atoms with Gasteiger partial charge in [0.25, 0.3) is 11.5 Å². The van der Waals surface area contributed by atoms with Gasteiger partial charge in [0.15, 0.2) is 11.5 Å². The van der Waals surface area contributed by atoms with Gasteiger partial charge >= 0.3 is 0 Å². The quantitative estimate of drug-likeness (QED) is 0.110. The molecule has 0 radical (unpaired) electrons. The van der Waals surface area contributed by atoms with E-state index in [1.165, 1.54) is 6.20 Å². The Labute approximate surface area is 285 Å². The SMILES string of the molecule is CC(I)Oc1ccc(-c2cnc(N)c(C(=O)N[C@H](C)c3cc4cccc(C#Cc5ccncc5)c4c(=O)n3-c3ccccc3)n2)cc1. The smallest absolute Gasteiger partial charge is 0.274 e. The van der Waals surface area contributed by atoms with Crippen LogP contribution in [0.3, 0.4) is 0 Å². The summed E-state index contributed by atoms with van der Waals surface area (Å²) >= 11 is 2.18. The molecule has 6 aromatic rings. The number of carbonyl (C=O) groups is 1. The van der Waals surface area contributed by atoms with Crippen LogP contribution < -0.4 is 21.3 Å². The van der Waals surface area contributed by atoms with Gasteiger partial charge in [-0.25, -0.2) is 9.97 Å². The Morgan fingerprint density at radius 1 is 0.957 bits per heavy atom. The molecule has 10 heteroatoms. The van der Waals surface area contributed by atoms with Crippen molar-refractivity contribution in [1.29, 1.82) is 0 Å². The van der Waals surface area contributed by atoms with Gasteiger partial charge in [-0.2, -0.15) is 0 Å². The number of hydrogen-bond acceptors (Lipinski definition) is 7. The van der Waals surface area contributed by atoms with E-state index in [-0.39, 0.29) is 21.2 Å². The summed E-state index contributed by atoms with van der Waals surface area (Å²) < 4.78 is 7.34. The van der Waals surface area contributed by atoms with E-state index in [2.05, 4.69) is 54.7 Å². The first-order chi connectivity index (χ1) is 22.8. The summed E-state index contributed by atoms with van der Waals surface area (Å²) in [7, 11) is 0. The fourth-order valence-corrected chi connectivity index (χ4v) is 5.45. The molecule has 3 aromatic carbocycles. The second-order valence-corrected chi connectivity index (χ2v) is 12.4. The van der Waals surface area contributed by atoms with Crippen molar-refractivity contribution >= 4 is 45.1 Å². The number of alkyl halides is 1. The number of ether oxygens (including phenoxy) is 1. The Hall–Kier alpha value is -5.54. The van der Waals surface area contributed by atoms with Crippen LogP contribution in [-0.2, 0) is 0 Å². The molecule has 0 saturated carbocycles. The highest BCUT2D eigenvalue weighted by Gasteiger charge is 2.22. The molecule has 3 N–H and O–H groups in total. The summed E-state index contributed by atoms with van der Waals surface area (Å²) in [6, 6.07) is 27.1. The Morgan fingerprint density at radius 2 is 1.70 bits per heavy atom. The highest BCUT2D eigenvalue weighted by atomic mass is 127. The number of carbonyl (C=O) groups excluding carboxylic acids is 1. The Balaban J connectivity index is 1.37. The molecule has 1 unspecified atom stereocenters. The van der Waals surface area contributed by atoms with E-state index in [0.29, 0.717) is 33.4 Å². The zero-order valence-corrected chi connectivity index (χ0v) is 27.7. The number of fused-ring (bicyclic) bond motifs is 1. The summed E-state index contributed by atoms with van der Waals surface area (Å²) in [4.78, 5) is 40.8. The van der Waals surface area contributed by atoms with Crippen molar-refractivity contribution < 1.29 is 9.53 Å². The number of benzene rings is 3. The number of nitrogens with one attached hydrogen (secondary N) is 1. The van der Waals surface area contributed by atoms with Crippen LogP contribution in [0.25, 0.3) is 27.7 Å². The van der Waals surface area contributed by atoms with Gasteiger partial charge in [0.2, 0.25) is 0 Å². The number of nitrogens with zero attached hydrogens (tertiary/aromatic N) is 4. The Morgan fingerprint density at radius 3 is 2.43 bits per heavy atom. The number of halogens is 1. The minimum Gasteiger partial charge on any atom is -0.480 e. The molecule has 3 aromatic heterocycles. The van der Waals surface area contributed by atoms with Crippen molar-refractivity contribution in [2.45, 2.75) is 24.0 Å². The Kier molecular flexibility index (Phi) is 9.26. The highest BCUT2D eigenvalue weighted by Crippen LogP contribution is 2.26. The molecule has 3 heterocycles. The molecule has 0 aliphatic rings. The van der Waals surface area contributed by atoms with Gasteiger partial charge < -0.3 is 15.8 Å². The standard InChI is InChI=1S/C37H29IN6O3/c1-23(42-36(45)34-35(39)41-22-31(43-34)26-13-15-30(16-14-26)47-24(2)38)32-21-28-8-6-7-27(12-11-25-17-19-40-20-18-25)33(28)37(46)44(32)29-9-4-3-5-10-29/h3-10,13-24H,1-2H3,(H2,39,41)(H,42,45)/t23-,24?/m1/s1. The van der Waals surface area contributed by atoms with Crippen LogP contribution >= 0.6 is 22.6 Å². The number of nitrogen functional groups attached to an aromatic ring is 1. The first-order valence-corrected chi connectivity index (χ1v) is 16.0. The fraction of sp³-hybridized carbons (Fsp3) is 0.108. The molecule has 0 spiro atoms. The molecule has 0 bridgehead atoms. The number of aromatic nitrogens is 4. The third kappa shape index (κ3) is 7.00. The van der Waals surface area contributed by atoms with Gasteiger partial charge in [0, 0.05) is 40.5 Å². The van der Waals surface area contributed by atoms with Crippen molar-refractivity contribution in [3.8, 4) is 34.5 Å². The molecule has 1 amide bonds. The van der Waals surface area contributed by atoms with Crippen LogP contribution in [0.1, 0.15) is 47.2 Å². The second kappa shape index (κ2) is 13.8. The third-order valence-corrected chi connectivity index (χ3v) is 7.62. The van der Waals surface area contributed by atoms with E-state index in [9.17, 15) is 9.59 Å². The highest BCUT2D eigenvalue weighted by molar-refractivity contribution is 14.1. The van der Waals surface area contributed by atoms with Crippen LogP contribution in [0.4, 0.5) is 5.82 Å². The lowest BCUT2D eigenvalue weighted by atomic mass is 10.0. The lowest BCUT2D eigenvalue weighted by Crippen LogP contribution is -2.33. The monoisotopic (exact) mass is 732 g/mol. The maximum Gasteiger partial charge on any atom is 0.274 e. The van der Waals surface area contributed by atoms with Gasteiger partial charge in [-0.3, -0.25) is 19.1 Å². The number of pyridine rings is 2. The number of amides is 1. The van der Waals surface area contributed by atoms with E-state index in [0.717, 1.165) is 16.9 Å². The number of hydrogen-bond donors (Lipinski definition) is 2. The van der Waals surface area contributed by atoms with Crippen LogP contribution in [-0.4, -0.2) is 29.5 Å². The van der Waals surface area contributed by atoms with Crippen molar-refractivity contribution in [1.82, 2.24) is 24.8 Å². The molecule has 0 saturated heterocycles. The molecule has 0 fully saturated rings. The van der Waals surface area contributed by atoms with E-state index in [1.807, 2.05) is 105 Å². The molecule has 0 aliphatic heterocycles. The lowest BCUT2D eigenvalue weighted by Gasteiger charge is -2.21. The number of rotatable bonds is 7. The van der Waals surface area contributed by atoms with Crippen molar-refractivity contribution in [3.05, 3.63) is 142 Å². The van der Waals surface area contributed by atoms with Gasteiger partial charge in [-0.1, -0.05) is 42.2 Å². The van der Waals surface area contributed by atoms with E-state index in [4.69, 9.17) is 10.5 Å². The van der Waals surface area contributed by atoms with E-state index < -0.39 is 11.9 Å². The molecule has 6 rings (SSSR count). The maximum atomic E-state index is 14.3. The van der Waals surface area contributed by atoms with Crippen molar-refractivity contribution in [2.24, 2.45) is 0 Å². The minimum atomic E-state index is -0.622. The van der Waals surface area contributed by atoms with E-state index >= 15 is 0 Å². The first-order valence-electron chi connectivity index (χ1n) is 14.8. The first kappa shape index (κ1) is 31.4. The average Bonchev–Trinajstić information content (AvgIpc) is 3.08. The molecular formula is C37H29IN6O3. The average molecular weight is 733 g/mol. The summed E-state index contributed by atoms with van der Waals surface area (Å²) in [6.45, 7) is 3.76. The minimum absolute atomic E-state index is 0.00600. The largest absolute Gasteiger partial charge is 0.480 e. The lowest BCUT2D eigenvalue weighted by molar-refractivity contribution is 0.0934. The molecule has 232 valence electrons. The van der Waals surface area contributed by atoms with Gasteiger partial charge in [-0.05, 0) is 102 Å². The number of nitrogens with two attached hydrogens (primary N) is 1. The topological polar surface area (TPSA) is 125 Å². The summed E-state index contributed by atoms with van der Waals surface area (Å²) in [5.74, 6) is 6.48. The zero-order chi connectivity index (χ0) is 32.9. The molecule has 2 atom stereocenters. The normalized spacial score (nSPS) is 12.1. The summed E-state index contributed by atoms with van der Waals surface area (Å²) in [5.41, 5.74) is 9.72. The number of anilines is 1. The Bertz CT molecular complexity index is 2190. The predicted octanol–water partition coefficient (Wildman–Crippen LogP) is 6.48. The van der Waals surface area contributed by atoms with E-state index in [1.54, 1.807) is 17.0 Å². The van der Waals surface area contributed by atoms with Crippen molar-refractivity contribution in [3.63, 3.8) is 0 Å². The summed E-state index contributed by atoms with van der Waals surface area (Å²) in [6.07, 6.45) is 4.87. The van der Waals surface area contributed by atoms with Crippen molar-refractivity contribution in [2.75, 3.05) is 5.73 Å². The molecular weight excluding hydrogens is 703 g/mol. The van der Waals surface area contributed by atoms with Gasteiger partial charge in [0.05, 0.1) is 23.3 Å². The van der Waals surface area contributed by atoms with Crippen LogP contribution in [0.5, 0.6) is 5.75 Å². The van der Waals surface area contributed by atoms with Crippen LogP contribution in [0, 0.1) is 11.8 Å². The number of para-hydroxylation sites is 1. The van der Waals surface area contributed by atoms with Gasteiger partial charge in [0.1, 0.15) is 9.86 Å². The molecule has 0 aliphatic carbocycles. The molecule has 47 heavy (non-hydrogen) atoms. The second-order valence-electron chi connectivity index (χ2n) is 10.7. The van der Waals surface area contributed by atoms with Crippen LogP contribution in [0.15, 0.2) is 114 Å².